The van der Waals surface area contributed by atoms with Crippen molar-refractivity contribution in [3.8, 4) is 11.5 Å². The lowest BCUT2D eigenvalue weighted by Gasteiger charge is -2.26. The molecule has 0 spiro atoms. The third-order valence-electron chi connectivity index (χ3n) is 7.71. The number of nitrogens with one attached hydrogen (secondary N) is 3. The van der Waals surface area contributed by atoms with Crippen molar-refractivity contribution < 1.29 is 28.7 Å². The molecule has 4 rings (SSSR count). The molecule has 0 saturated heterocycles. The van der Waals surface area contributed by atoms with E-state index >= 15 is 0 Å². The highest BCUT2D eigenvalue weighted by molar-refractivity contribution is 6.01. The smallest absolute Gasteiger partial charge is 0.255 e. The van der Waals surface area contributed by atoms with Crippen molar-refractivity contribution in [2.24, 2.45) is 0 Å². The number of hydrogen-bond acceptors (Lipinski definition) is 6. The predicted molar refractivity (Wildman–Crippen MR) is 171 cm³/mol. The first-order chi connectivity index (χ1) is 21.8. The van der Waals surface area contributed by atoms with Crippen molar-refractivity contribution in [2.75, 3.05) is 27.3 Å². The van der Waals surface area contributed by atoms with Crippen LogP contribution in [0.3, 0.4) is 0 Å². The van der Waals surface area contributed by atoms with Gasteiger partial charge in [-0.25, -0.2) is 0 Å². The van der Waals surface area contributed by atoms with Gasteiger partial charge in [-0.15, -0.1) is 0 Å². The zero-order chi connectivity index (χ0) is 32.0. The molecule has 0 saturated carbocycles. The van der Waals surface area contributed by atoms with Gasteiger partial charge in [0.2, 0.25) is 17.7 Å². The van der Waals surface area contributed by atoms with Gasteiger partial charge in [-0.05, 0) is 48.2 Å². The first-order valence-electron chi connectivity index (χ1n) is 15.4. The quantitative estimate of drug-likeness (QED) is 0.389. The summed E-state index contributed by atoms with van der Waals surface area (Å²) < 4.78 is 11.1. The number of amides is 4. The first-order valence-corrected chi connectivity index (χ1v) is 15.4. The van der Waals surface area contributed by atoms with Crippen molar-refractivity contribution in [3.63, 3.8) is 0 Å². The van der Waals surface area contributed by atoms with E-state index in [9.17, 15) is 19.2 Å². The lowest BCUT2D eigenvalue weighted by Crippen LogP contribution is -2.52. The second-order valence-corrected chi connectivity index (χ2v) is 11.1. The fourth-order valence-electron chi connectivity index (χ4n) is 5.13. The number of likely N-dealkylation sites (N-methyl/N-ethyl adjacent to an activating group) is 1. The van der Waals surface area contributed by atoms with Crippen LogP contribution in [0, 0.1) is 0 Å². The van der Waals surface area contributed by atoms with Gasteiger partial charge in [-0.2, -0.15) is 0 Å². The Balaban J connectivity index is 1.57. The van der Waals surface area contributed by atoms with Gasteiger partial charge in [0, 0.05) is 26.6 Å². The van der Waals surface area contributed by atoms with Crippen LogP contribution in [0.25, 0.3) is 0 Å². The van der Waals surface area contributed by atoms with Gasteiger partial charge in [-0.3, -0.25) is 19.2 Å². The Hall–Kier alpha value is -4.86. The topological polar surface area (TPSA) is 126 Å². The number of nitrogens with zero attached hydrogens (tertiary/aromatic N) is 1. The molecule has 10 nitrogen and oxygen atoms in total. The van der Waals surface area contributed by atoms with Crippen molar-refractivity contribution in [3.05, 3.63) is 95.6 Å². The molecule has 0 unspecified atom stereocenters. The van der Waals surface area contributed by atoms with Gasteiger partial charge in [-0.1, -0.05) is 67.4 Å². The highest BCUT2D eigenvalue weighted by Crippen LogP contribution is 2.19. The number of carbonyl (C=O) groups is 4. The molecule has 0 aliphatic carbocycles. The van der Waals surface area contributed by atoms with E-state index in [1.165, 1.54) is 0 Å². The molecule has 0 bridgehead atoms. The minimum Gasteiger partial charge on any atom is -0.497 e. The van der Waals surface area contributed by atoms with Crippen LogP contribution in [0.1, 0.15) is 53.6 Å². The highest BCUT2D eigenvalue weighted by atomic mass is 16.5. The summed E-state index contributed by atoms with van der Waals surface area (Å²) in [5.74, 6) is -0.732. The largest absolute Gasteiger partial charge is 0.497 e. The summed E-state index contributed by atoms with van der Waals surface area (Å²) in [5.41, 5.74) is 1.98. The van der Waals surface area contributed by atoms with Gasteiger partial charge in [0.15, 0.2) is 0 Å². The Morgan fingerprint density at radius 1 is 0.889 bits per heavy atom. The number of methoxy groups -OCH3 is 1. The Morgan fingerprint density at radius 2 is 1.60 bits per heavy atom. The summed E-state index contributed by atoms with van der Waals surface area (Å²) in [6.45, 7) is 1.15. The van der Waals surface area contributed by atoms with Gasteiger partial charge >= 0.3 is 0 Å². The molecule has 238 valence electrons. The second-order valence-electron chi connectivity index (χ2n) is 11.1. The van der Waals surface area contributed by atoms with E-state index in [2.05, 4.69) is 16.0 Å². The Labute approximate surface area is 264 Å². The van der Waals surface area contributed by atoms with Gasteiger partial charge in [0.1, 0.15) is 23.6 Å². The zero-order valence-corrected chi connectivity index (χ0v) is 25.9. The Morgan fingerprint density at radius 3 is 2.36 bits per heavy atom. The lowest BCUT2D eigenvalue weighted by atomic mass is 10.0. The fraction of sp³-hybridized carbons (Fsp3) is 0.371. The number of benzene rings is 3. The number of fused-ring (bicyclic) bond motifs is 1. The van der Waals surface area contributed by atoms with Crippen LogP contribution in [-0.4, -0.2) is 67.9 Å². The maximum Gasteiger partial charge on any atom is 0.255 e. The number of ether oxygens (including phenoxy) is 2. The molecule has 0 aromatic heterocycles. The van der Waals surface area contributed by atoms with Crippen molar-refractivity contribution in [1.82, 2.24) is 20.9 Å². The molecule has 1 aliphatic rings. The van der Waals surface area contributed by atoms with Crippen molar-refractivity contribution in [1.29, 1.82) is 0 Å². The van der Waals surface area contributed by atoms with Crippen molar-refractivity contribution >= 4 is 23.6 Å². The van der Waals surface area contributed by atoms with E-state index in [4.69, 9.17) is 9.47 Å². The zero-order valence-electron chi connectivity index (χ0n) is 25.9. The molecular formula is C35H42N4O6. The predicted octanol–water partition coefficient (Wildman–Crippen LogP) is 3.64. The van der Waals surface area contributed by atoms with E-state index in [0.29, 0.717) is 31.1 Å². The summed E-state index contributed by atoms with van der Waals surface area (Å²) in [6, 6.07) is 21.4. The lowest BCUT2D eigenvalue weighted by molar-refractivity contribution is -0.136. The Bertz CT molecular complexity index is 1430. The van der Waals surface area contributed by atoms with E-state index in [1.54, 1.807) is 55.5 Å². The minimum atomic E-state index is -1.21. The summed E-state index contributed by atoms with van der Waals surface area (Å²) in [4.78, 5) is 55.6. The summed E-state index contributed by atoms with van der Waals surface area (Å²) in [7, 11) is 3.31. The summed E-state index contributed by atoms with van der Waals surface area (Å²) in [6.07, 6.45) is 3.33. The maximum atomic E-state index is 13.5. The van der Waals surface area contributed by atoms with E-state index < -0.39 is 29.8 Å². The third kappa shape index (κ3) is 10.1. The molecule has 1 aliphatic heterocycles. The summed E-state index contributed by atoms with van der Waals surface area (Å²) in [5, 5.41) is 8.42. The molecule has 3 aromatic carbocycles. The minimum absolute atomic E-state index is 0.177. The van der Waals surface area contributed by atoms with Gasteiger partial charge < -0.3 is 30.3 Å². The monoisotopic (exact) mass is 614 g/mol. The molecular weight excluding hydrogens is 572 g/mol. The molecule has 3 N–H and O–H groups in total. The molecule has 2 atom stereocenters. The van der Waals surface area contributed by atoms with E-state index in [1.807, 2.05) is 42.5 Å². The average Bonchev–Trinajstić information content (AvgIpc) is 3.06. The maximum absolute atomic E-state index is 13.5. The number of para-hydroxylation sites is 1. The van der Waals surface area contributed by atoms with Crippen molar-refractivity contribution in [2.45, 2.75) is 57.2 Å². The van der Waals surface area contributed by atoms with Crippen LogP contribution in [0.2, 0.25) is 0 Å². The van der Waals surface area contributed by atoms with Crippen LogP contribution in [0.4, 0.5) is 0 Å². The Kier molecular flexibility index (Phi) is 12.4. The molecule has 1 heterocycles. The normalized spacial score (nSPS) is 18.7. The van der Waals surface area contributed by atoms with Crippen LogP contribution < -0.4 is 25.4 Å². The standard InChI is InChI=1S/C35H42N4O6/c1-39-20-10-3-4-11-21-45-31-15-9-8-14-28(31)33(41)38-29(34(42)36-24-26-16-18-27(44-2)19-17-26)23-32(40)37-30(35(39)43)22-25-12-6-5-7-13-25/h5-9,12-19,29-30H,3-4,10-11,20-24H2,1-2H3,(H,36,42)(H,37,40)(H,38,41)/t29-,30-/m0/s1. The molecule has 4 amide bonds. The molecule has 0 fully saturated rings. The highest BCUT2D eigenvalue weighted by Gasteiger charge is 2.29. The van der Waals surface area contributed by atoms with Crippen LogP contribution in [0.5, 0.6) is 11.5 Å². The van der Waals surface area contributed by atoms with Crippen LogP contribution >= 0.6 is 0 Å². The number of rotatable bonds is 6. The SMILES string of the molecule is COc1ccc(CNC(=O)[C@@H]2CC(=O)N[C@@H](Cc3ccccc3)C(=O)N(C)CCCCCCOc3ccccc3C(=O)N2)cc1. The van der Waals surface area contributed by atoms with Gasteiger partial charge in [0.05, 0.1) is 25.7 Å². The average molecular weight is 615 g/mol. The number of carbonyl (C=O) groups excluding carboxylic acids is 4. The molecule has 3 aromatic rings. The van der Waals surface area contributed by atoms with E-state index in [-0.39, 0.29) is 24.4 Å². The van der Waals surface area contributed by atoms with Crippen LogP contribution in [-0.2, 0) is 27.3 Å². The molecule has 0 radical (unpaired) electrons. The number of hydrogen-bond donors (Lipinski definition) is 3. The fourth-order valence-corrected chi connectivity index (χ4v) is 5.13. The van der Waals surface area contributed by atoms with Gasteiger partial charge in [0.25, 0.3) is 5.91 Å². The van der Waals surface area contributed by atoms with E-state index in [0.717, 1.165) is 36.8 Å². The second kappa shape index (κ2) is 16.8. The summed E-state index contributed by atoms with van der Waals surface area (Å²) >= 11 is 0. The molecule has 10 heteroatoms. The third-order valence-corrected chi connectivity index (χ3v) is 7.71. The molecule has 45 heavy (non-hydrogen) atoms. The first kappa shape index (κ1) is 33.0. The van der Waals surface area contributed by atoms with Crippen LogP contribution in [0.15, 0.2) is 78.9 Å².